The van der Waals surface area contributed by atoms with Gasteiger partial charge in [-0.05, 0) is 62.6 Å². The summed E-state index contributed by atoms with van der Waals surface area (Å²) in [7, 11) is -2.20. The van der Waals surface area contributed by atoms with Crippen molar-refractivity contribution >= 4 is 45.0 Å². The Morgan fingerprint density at radius 3 is 2.12 bits per heavy atom. The summed E-state index contributed by atoms with van der Waals surface area (Å²) in [5, 5.41) is 3.87. The second-order valence-corrected chi connectivity index (χ2v) is 13.8. The average molecular weight is 619 g/mol. The number of amides is 2. The van der Waals surface area contributed by atoms with Crippen LogP contribution in [0.25, 0.3) is 0 Å². The lowest BCUT2D eigenvalue weighted by molar-refractivity contribution is -0.142. The Kier molecular flexibility index (Phi) is 11.4. The molecule has 1 unspecified atom stereocenters. The molecule has 3 aromatic carbocycles. The third-order valence-electron chi connectivity index (χ3n) is 6.44. The van der Waals surface area contributed by atoms with Crippen LogP contribution in [-0.4, -0.2) is 54.6 Å². The summed E-state index contributed by atoms with van der Waals surface area (Å²) in [6.45, 7) is 5.87. The molecule has 3 rings (SSSR count). The molecule has 0 bridgehead atoms. The van der Waals surface area contributed by atoms with E-state index in [0.717, 1.165) is 5.56 Å². The maximum Gasteiger partial charge on any atom is 0.243 e. The minimum Gasteiger partial charge on any atom is -0.350 e. The molecule has 0 saturated heterocycles. The Labute approximate surface area is 253 Å². The van der Waals surface area contributed by atoms with Gasteiger partial charge >= 0.3 is 0 Å². The van der Waals surface area contributed by atoms with Gasteiger partial charge in [0.15, 0.2) is 0 Å². The SMILES string of the molecule is CN(CCCC(=O)N(Cc1ccc(Cl)cc1Cl)C(Cc1ccccc1)C(=O)NC(C)(C)C)S(=O)(=O)c1ccccc1. The second-order valence-electron chi connectivity index (χ2n) is 10.9. The molecule has 0 aliphatic heterocycles. The lowest BCUT2D eigenvalue weighted by atomic mass is 10.00. The number of hydrogen-bond acceptors (Lipinski definition) is 4. The molecule has 1 N–H and O–H groups in total. The van der Waals surface area contributed by atoms with E-state index in [1.54, 1.807) is 36.4 Å². The van der Waals surface area contributed by atoms with Crippen LogP contribution >= 0.6 is 23.2 Å². The highest BCUT2D eigenvalue weighted by Gasteiger charge is 2.32. The summed E-state index contributed by atoms with van der Waals surface area (Å²) in [4.78, 5) is 29.2. The van der Waals surface area contributed by atoms with Gasteiger partial charge in [0, 0.05) is 48.6 Å². The highest BCUT2D eigenvalue weighted by molar-refractivity contribution is 7.89. The molecule has 0 fully saturated rings. The quantitative estimate of drug-likeness (QED) is 0.272. The van der Waals surface area contributed by atoms with Crippen molar-refractivity contribution in [1.82, 2.24) is 14.5 Å². The molecular weight excluding hydrogens is 581 g/mol. The van der Waals surface area contributed by atoms with Gasteiger partial charge in [-0.15, -0.1) is 0 Å². The van der Waals surface area contributed by atoms with E-state index in [1.165, 1.54) is 28.4 Å². The van der Waals surface area contributed by atoms with E-state index in [0.29, 0.717) is 22.0 Å². The Balaban J connectivity index is 1.88. The maximum absolute atomic E-state index is 13.8. The zero-order valence-electron chi connectivity index (χ0n) is 23.8. The number of nitrogens with zero attached hydrogens (tertiary/aromatic N) is 2. The minimum absolute atomic E-state index is 0.0357. The smallest absolute Gasteiger partial charge is 0.243 e. The molecule has 10 heteroatoms. The molecule has 0 aliphatic carbocycles. The Morgan fingerprint density at radius 2 is 1.54 bits per heavy atom. The molecular formula is C31H37Cl2N3O4S. The van der Waals surface area contributed by atoms with Gasteiger partial charge in [-0.3, -0.25) is 9.59 Å². The third-order valence-corrected chi connectivity index (χ3v) is 8.90. The van der Waals surface area contributed by atoms with Gasteiger partial charge in [-0.25, -0.2) is 12.7 Å². The fourth-order valence-electron chi connectivity index (χ4n) is 4.33. The van der Waals surface area contributed by atoms with Crippen LogP contribution < -0.4 is 5.32 Å². The van der Waals surface area contributed by atoms with Crippen molar-refractivity contribution in [2.45, 2.75) is 63.1 Å². The van der Waals surface area contributed by atoms with Crippen LogP contribution in [0.4, 0.5) is 0 Å². The highest BCUT2D eigenvalue weighted by Crippen LogP contribution is 2.25. The fraction of sp³-hybridized carbons (Fsp3) is 0.355. The lowest BCUT2D eigenvalue weighted by Gasteiger charge is -2.34. The third kappa shape index (κ3) is 9.57. The van der Waals surface area contributed by atoms with Gasteiger partial charge in [0.2, 0.25) is 21.8 Å². The predicted molar refractivity (Wildman–Crippen MR) is 164 cm³/mol. The van der Waals surface area contributed by atoms with Gasteiger partial charge in [0.25, 0.3) is 0 Å². The number of rotatable bonds is 12. The van der Waals surface area contributed by atoms with Crippen LogP contribution in [0.15, 0.2) is 83.8 Å². The highest BCUT2D eigenvalue weighted by atomic mass is 35.5. The zero-order chi connectivity index (χ0) is 30.2. The van der Waals surface area contributed by atoms with Crippen molar-refractivity contribution in [2.75, 3.05) is 13.6 Å². The summed E-state index contributed by atoms with van der Waals surface area (Å²) < 4.78 is 27.1. The molecule has 1 atom stereocenters. The van der Waals surface area contributed by atoms with E-state index < -0.39 is 21.6 Å². The van der Waals surface area contributed by atoms with E-state index >= 15 is 0 Å². The number of sulfonamides is 1. The van der Waals surface area contributed by atoms with Gasteiger partial charge in [0.05, 0.1) is 4.90 Å². The monoisotopic (exact) mass is 617 g/mol. The normalized spacial score (nSPS) is 12.7. The molecule has 0 spiro atoms. The Morgan fingerprint density at radius 1 is 0.927 bits per heavy atom. The lowest BCUT2D eigenvalue weighted by Crippen LogP contribution is -2.54. The summed E-state index contributed by atoms with van der Waals surface area (Å²) >= 11 is 12.6. The predicted octanol–water partition coefficient (Wildman–Crippen LogP) is 5.95. The number of benzene rings is 3. The number of carbonyl (C=O) groups is 2. The molecule has 0 aromatic heterocycles. The van der Waals surface area contributed by atoms with Gasteiger partial charge in [0.1, 0.15) is 6.04 Å². The van der Waals surface area contributed by atoms with Crippen molar-refractivity contribution in [2.24, 2.45) is 0 Å². The molecule has 7 nitrogen and oxygen atoms in total. The average Bonchev–Trinajstić information content (AvgIpc) is 2.91. The van der Waals surface area contributed by atoms with E-state index in [-0.39, 0.29) is 42.6 Å². The first-order chi connectivity index (χ1) is 19.3. The van der Waals surface area contributed by atoms with Gasteiger partial charge in [-0.1, -0.05) is 77.8 Å². The molecule has 0 aliphatic rings. The van der Waals surface area contributed by atoms with Gasteiger partial charge < -0.3 is 10.2 Å². The summed E-state index contributed by atoms with van der Waals surface area (Å²) in [6.07, 6.45) is 0.598. The first-order valence-electron chi connectivity index (χ1n) is 13.4. The number of halogens is 2. The molecule has 0 radical (unpaired) electrons. The van der Waals surface area contributed by atoms with E-state index in [2.05, 4.69) is 5.32 Å². The van der Waals surface area contributed by atoms with E-state index in [1.807, 2.05) is 51.1 Å². The molecule has 0 saturated carbocycles. The van der Waals surface area contributed by atoms with Crippen LogP contribution in [0.3, 0.4) is 0 Å². The first kappa shape index (κ1) is 32.6. The molecule has 220 valence electrons. The zero-order valence-corrected chi connectivity index (χ0v) is 26.1. The summed E-state index contributed by atoms with van der Waals surface area (Å²) in [5.41, 5.74) is 1.03. The topological polar surface area (TPSA) is 86.8 Å². The van der Waals surface area contributed by atoms with Crippen molar-refractivity contribution in [3.8, 4) is 0 Å². The minimum atomic E-state index is -3.69. The number of carbonyl (C=O) groups excluding carboxylic acids is 2. The fourth-order valence-corrected chi connectivity index (χ4v) is 6.03. The Bertz CT molecular complexity index is 1430. The second kappa shape index (κ2) is 14.3. The molecule has 3 aromatic rings. The standard InChI is InChI=1S/C31H37Cl2N3O4S/c1-31(2,3)34-30(38)28(20-23-12-7-5-8-13-23)36(22-24-17-18-25(32)21-27(24)33)29(37)16-11-19-35(4)41(39,40)26-14-9-6-10-15-26/h5-10,12-15,17-18,21,28H,11,16,19-20,22H2,1-4H3,(H,34,38). The Hall–Kier alpha value is -2.91. The summed E-state index contributed by atoms with van der Waals surface area (Å²) in [6, 6.07) is 21.9. The van der Waals surface area contributed by atoms with Crippen molar-refractivity contribution < 1.29 is 18.0 Å². The van der Waals surface area contributed by atoms with Crippen LogP contribution in [0.1, 0.15) is 44.7 Å². The van der Waals surface area contributed by atoms with Crippen molar-refractivity contribution in [3.63, 3.8) is 0 Å². The molecule has 2 amide bonds. The van der Waals surface area contributed by atoms with Crippen molar-refractivity contribution in [1.29, 1.82) is 0 Å². The number of hydrogen-bond donors (Lipinski definition) is 1. The largest absolute Gasteiger partial charge is 0.350 e. The molecule has 0 heterocycles. The van der Waals surface area contributed by atoms with Crippen LogP contribution in [0, 0.1) is 0 Å². The first-order valence-corrected chi connectivity index (χ1v) is 15.6. The van der Waals surface area contributed by atoms with E-state index in [4.69, 9.17) is 23.2 Å². The maximum atomic E-state index is 13.8. The number of nitrogens with one attached hydrogen (secondary N) is 1. The van der Waals surface area contributed by atoms with Crippen molar-refractivity contribution in [3.05, 3.63) is 100 Å². The van der Waals surface area contributed by atoms with Gasteiger partial charge in [-0.2, -0.15) is 0 Å². The molecule has 41 heavy (non-hydrogen) atoms. The van der Waals surface area contributed by atoms with Crippen LogP contribution in [0.5, 0.6) is 0 Å². The summed E-state index contributed by atoms with van der Waals surface area (Å²) in [5.74, 6) is -0.574. The van der Waals surface area contributed by atoms with Crippen LogP contribution in [0.2, 0.25) is 10.0 Å². The van der Waals surface area contributed by atoms with Crippen LogP contribution in [-0.2, 0) is 32.6 Å². The van der Waals surface area contributed by atoms with E-state index in [9.17, 15) is 18.0 Å².